The molecule has 0 aliphatic carbocycles. The van der Waals surface area contributed by atoms with Gasteiger partial charge in [0, 0.05) is 30.2 Å². The Kier molecular flexibility index (Phi) is 7.46. The summed E-state index contributed by atoms with van der Waals surface area (Å²) in [6.07, 6.45) is 7.01. The summed E-state index contributed by atoms with van der Waals surface area (Å²) in [6, 6.07) is 20.1. The second-order valence-electron chi connectivity index (χ2n) is 9.27. The largest absolute Gasteiger partial charge is 0.462 e. The Labute approximate surface area is 216 Å². The van der Waals surface area contributed by atoms with E-state index in [0.717, 1.165) is 24.0 Å². The molecule has 2 aliphatic rings. The monoisotopic (exact) mass is 498 g/mol. The summed E-state index contributed by atoms with van der Waals surface area (Å²) < 4.78 is 10.9. The number of nitrogens with two attached hydrogens (primary N) is 1. The topological polar surface area (TPSA) is 107 Å². The summed E-state index contributed by atoms with van der Waals surface area (Å²) >= 11 is 0. The molecule has 3 aromatic rings. The van der Waals surface area contributed by atoms with Crippen LogP contribution >= 0.6 is 0 Å². The van der Waals surface area contributed by atoms with E-state index in [1.54, 1.807) is 42.9 Å². The summed E-state index contributed by atoms with van der Waals surface area (Å²) in [4.78, 5) is 32.3. The Morgan fingerprint density at radius 2 is 1.81 bits per heavy atom. The van der Waals surface area contributed by atoms with Gasteiger partial charge in [-0.05, 0) is 54.7 Å². The molecule has 2 aliphatic heterocycles. The molecule has 0 bridgehead atoms. The van der Waals surface area contributed by atoms with Gasteiger partial charge in [0.25, 0.3) is 5.91 Å². The lowest BCUT2D eigenvalue weighted by Gasteiger charge is -2.32. The van der Waals surface area contributed by atoms with E-state index in [1.807, 2.05) is 47.4 Å². The smallest absolute Gasteiger partial charge is 0.255 e. The first-order valence-electron chi connectivity index (χ1n) is 12.5. The standard InChI is InChI=1S/C29H30N4O4/c30-27(21-8-10-22(11-9-21)28(34)32-23-12-14-31-15-13-23)25-7-4-16-33(25)29(35)24(26-18-36-19-37-26)17-20-5-2-1-3-6-20/h1-3,5-6,8-15,18,24-25,27H,4,7,16-17,19,30H2,(H,31,32,34). The molecular formula is C29H30N4O4. The summed E-state index contributed by atoms with van der Waals surface area (Å²) in [5.74, 6) is -0.138. The van der Waals surface area contributed by atoms with Crippen molar-refractivity contribution in [1.29, 1.82) is 0 Å². The van der Waals surface area contributed by atoms with Crippen LogP contribution in [0.25, 0.3) is 0 Å². The molecule has 5 rings (SSSR count). The van der Waals surface area contributed by atoms with Gasteiger partial charge in [-0.15, -0.1) is 0 Å². The number of amides is 2. The highest BCUT2D eigenvalue weighted by molar-refractivity contribution is 6.04. The summed E-state index contributed by atoms with van der Waals surface area (Å²) in [5, 5.41) is 2.85. The van der Waals surface area contributed by atoms with Crippen LogP contribution in [0, 0.1) is 5.92 Å². The van der Waals surface area contributed by atoms with Crippen LogP contribution in [0.4, 0.5) is 5.69 Å². The molecule has 3 unspecified atom stereocenters. The van der Waals surface area contributed by atoms with E-state index < -0.39 is 5.92 Å². The number of hydrogen-bond donors (Lipinski definition) is 2. The fourth-order valence-electron chi connectivity index (χ4n) is 4.95. The van der Waals surface area contributed by atoms with Gasteiger partial charge in [-0.25, -0.2) is 0 Å². The number of pyridine rings is 1. The van der Waals surface area contributed by atoms with Crippen LogP contribution in [0.2, 0.25) is 0 Å². The van der Waals surface area contributed by atoms with Gasteiger partial charge in [-0.1, -0.05) is 42.5 Å². The minimum absolute atomic E-state index is 0.00750. The summed E-state index contributed by atoms with van der Waals surface area (Å²) in [6.45, 7) is 0.765. The van der Waals surface area contributed by atoms with Gasteiger partial charge in [0.1, 0.15) is 17.9 Å². The molecule has 0 saturated carbocycles. The van der Waals surface area contributed by atoms with E-state index in [4.69, 9.17) is 15.2 Å². The summed E-state index contributed by atoms with van der Waals surface area (Å²) in [7, 11) is 0. The average molecular weight is 499 g/mol. The molecule has 3 N–H and O–H groups in total. The van der Waals surface area contributed by atoms with E-state index in [2.05, 4.69) is 10.3 Å². The van der Waals surface area contributed by atoms with E-state index in [1.165, 1.54) is 0 Å². The number of benzene rings is 2. The fourth-order valence-corrected chi connectivity index (χ4v) is 4.95. The third-order valence-corrected chi connectivity index (χ3v) is 6.91. The van der Waals surface area contributed by atoms with E-state index in [0.29, 0.717) is 30.0 Å². The number of nitrogens with zero attached hydrogens (tertiary/aromatic N) is 2. The van der Waals surface area contributed by atoms with Gasteiger partial charge in [0.2, 0.25) is 12.7 Å². The first kappa shape index (κ1) is 24.5. The SMILES string of the molecule is NC(c1ccc(C(=O)Nc2ccncc2)cc1)C1CCCN1C(=O)C(Cc1ccccc1)C1=COCO1. The van der Waals surface area contributed by atoms with Gasteiger partial charge in [0.15, 0.2) is 0 Å². The first-order valence-corrected chi connectivity index (χ1v) is 12.5. The second kappa shape index (κ2) is 11.3. The van der Waals surface area contributed by atoms with E-state index in [9.17, 15) is 9.59 Å². The van der Waals surface area contributed by atoms with Crippen LogP contribution in [0.1, 0.15) is 40.4 Å². The van der Waals surface area contributed by atoms with Crippen LogP contribution in [-0.2, 0) is 20.7 Å². The number of carbonyl (C=O) groups excluding carboxylic acids is 2. The second-order valence-corrected chi connectivity index (χ2v) is 9.27. The Morgan fingerprint density at radius 1 is 1.05 bits per heavy atom. The lowest BCUT2D eigenvalue weighted by molar-refractivity contribution is -0.136. The third-order valence-electron chi connectivity index (χ3n) is 6.91. The Balaban J connectivity index is 1.29. The van der Waals surface area contributed by atoms with Crippen LogP contribution in [0.5, 0.6) is 0 Å². The van der Waals surface area contributed by atoms with Crippen molar-refractivity contribution in [3.63, 3.8) is 0 Å². The molecule has 2 aromatic carbocycles. The molecule has 190 valence electrons. The zero-order valence-corrected chi connectivity index (χ0v) is 20.5. The first-order chi connectivity index (χ1) is 18.1. The molecule has 2 amide bonds. The van der Waals surface area contributed by atoms with Crippen molar-refractivity contribution in [3.05, 3.63) is 108 Å². The van der Waals surface area contributed by atoms with Crippen molar-refractivity contribution in [1.82, 2.24) is 9.88 Å². The molecule has 1 fully saturated rings. The maximum atomic E-state index is 13.8. The number of rotatable bonds is 8. The molecule has 37 heavy (non-hydrogen) atoms. The van der Waals surface area contributed by atoms with Crippen molar-refractivity contribution in [2.24, 2.45) is 11.7 Å². The number of aromatic nitrogens is 1. The zero-order valence-electron chi connectivity index (χ0n) is 20.5. The lowest BCUT2D eigenvalue weighted by Crippen LogP contribution is -2.45. The maximum absolute atomic E-state index is 13.8. The van der Waals surface area contributed by atoms with Crippen LogP contribution < -0.4 is 11.1 Å². The van der Waals surface area contributed by atoms with Gasteiger partial charge < -0.3 is 25.4 Å². The molecule has 3 heterocycles. The average Bonchev–Trinajstić information content (AvgIpc) is 3.65. The third kappa shape index (κ3) is 5.65. The highest BCUT2D eigenvalue weighted by Crippen LogP contribution is 2.32. The van der Waals surface area contributed by atoms with E-state index >= 15 is 0 Å². The van der Waals surface area contributed by atoms with Crippen LogP contribution in [0.15, 0.2) is 91.1 Å². The van der Waals surface area contributed by atoms with Gasteiger partial charge >= 0.3 is 0 Å². The van der Waals surface area contributed by atoms with Crippen molar-refractivity contribution in [2.75, 3.05) is 18.7 Å². The minimum Gasteiger partial charge on any atom is -0.462 e. The van der Waals surface area contributed by atoms with Gasteiger partial charge in [-0.3, -0.25) is 14.6 Å². The Hall–Kier alpha value is -4.17. The van der Waals surface area contributed by atoms with E-state index in [-0.39, 0.29) is 30.7 Å². The predicted molar refractivity (Wildman–Crippen MR) is 139 cm³/mol. The molecular weight excluding hydrogens is 468 g/mol. The van der Waals surface area contributed by atoms with Gasteiger partial charge in [0.05, 0.1) is 12.1 Å². The molecule has 0 radical (unpaired) electrons. The van der Waals surface area contributed by atoms with Crippen molar-refractivity contribution in [2.45, 2.75) is 31.3 Å². The molecule has 8 nitrogen and oxygen atoms in total. The number of anilines is 1. The minimum atomic E-state index is -0.475. The van der Waals surface area contributed by atoms with Crippen LogP contribution in [0.3, 0.4) is 0 Å². The Morgan fingerprint density at radius 3 is 2.51 bits per heavy atom. The molecule has 1 saturated heterocycles. The van der Waals surface area contributed by atoms with Crippen LogP contribution in [-0.4, -0.2) is 41.1 Å². The quantitative estimate of drug-likeness (QED) is 0.486. The number of nitrogens with one attached hydrogen (secondary N) is 1. The number of likely N-dealkylation sites (tertiary alicyclic amines) is 1. The normalized spacial score (nSPS) is 18.4. The number of carbonyl (C=O) groups is 2. The predicted octanol–water partition coefficient (Wildman–Crippen LogP) is 4.03. The number of hydrogen-bond acceptors (Lipinski definition) is 6. The lowest BCUT2D eigenvalue weighted by atomic mass is 9.93. The van der Waals surface area contributed by atoms with Crippen molar-refractivity contribution in [3.8, 4) is 0 Å². The summed E-state index contributed by atoms with van der Waals surface area (Å²) in [5.41, 5.74) is 9.85. The highest BCUT2D eigenvalue weighted by Gasteiger charge is 2.39. The van der Waals surface area contributed by atoms with Gasteiger partial charge in [-0.2, -0.15) is 0 Å². The van der Waals surface area contributed by atoms with Crippen molar-refractivity contribution < 1.29 is 19.1 Å². The fraction of sp³-hybridized carbons (Fsp3) is 0.276. The highest BCUT2D eigenvalue weighted by atomic mass is 16.7. The van der Waals surface area contributed by atoms with Crippen molar-refractivity contribution >= 4 is 17.5 Å². The zero-order chi connectivity index (χ0) is 25.6. The molecule has 1 aromatic heterocycles. The Bertz CT molecular complexity index is 1250. The molecule has 3 atom stereocenters. The maximum Gasteiger partial charge on any atom is 0.255 e. The molecule has 0 spiro atoms. The molecule has 8 heteroatoms. The number of ether oxygens (including phenoxy) is 2.